The summed E-state index contributed by atoms with van der Waals surface area (Å²) < 4.78 is 28.2. The fraction of sp³-hybridized carbons (Fsp3) is 0.667. The number of hydrogen-bond acceptors (Lipinski definition) is 5. The number of rotatable bonds is 6. The van der Waals surface area contributed by atoms with Crippen molar-refractivity contribution >= 4 is 26.7 Å². The van der Waals surface area contributed by atoms with Crippen LogP contribution in [0.25, 0.3) is 0 Å². The van der Waals surface area contributed by atoms with Gasteiger partial charge >= 0.3 is 10.2 Å². The van der Waals surface area contributed by atoms with E-state index in [0.717, 1.165) is 18.5 Å². The largest absolute Gasteiger partial charge is 0.312 e. The number of anilines is 1. The molecule has 3 N–H and O–H groups in total. The summed E-state index contributed by atoms with van der Waals surface area (Å²) in [6.45, 7) is 1.97. The Balaban J connectivity index is 2.00. The summed E-state index contributed by atoms with van der Waals surface area (Å²) in [5, 5.41) is 5.29. The van der Waals surface area contributed by atoms with E-state index in [1.807, 2.05) is 19.4 Å². The van der Waals surface area contributed by atoms with Gasteiger partial charge in [-0.2, -0.15) is 13.1 Å². The third-order valence-corrected chi connectivity index (χ3v) is 4.53. The molecule has 0 radical (unpaired) electrons. The molecule has 0 aliphatic heterocycles. The monoisotopic (exact) mass is 276 g/mol. The molecule has 1 aromatic heterocycles. The first-order chi connectivity index (χ1) is 8.00. The van der Waals surface area contributed by atoms with Crippen molar-refractivity contribution in [3.05, 3.63) is 11.1 Å². The summed E-state index contributed by atoms with van der Waals surface area (Å²) in [5.41, 5.74) is 0.835. The maximum Gasteiger partial charge on any atom is 0.301 e. The Hall–Kier alpha value is -0.700. The highest BCUT2D eigenvalue weighted by Gasteiger charge is 2.27. The normalized spacial score (nSPS) is 18.0. The molecule has 0 aromatic carbocycles. The van der Waals surface area contributed by atoms with Crippen LogP contribution >= 0.6 is 11.3 Å². The van der Waals surface area contributed by atoms with Gasteiger partial charge in [-0.05, 0) is 26.8 Å². The van der Waals surface area contributed by atoms with E-state index in [2.05, 4.69) is 19.7 Å². The standard InChI is InChI=1S/C9H16N4O2S2/c1-6(10-2)8-5-16-9(11-8)13-17(14,15)12-7-3-4-7/h5-7,10,12H,3-4H2,1-2H3,(H,11,13). The third-order valence-electron chi connectivity index (χ3n) is 2.52. The molecule has 2 rings (SSSR count). The fourth-order valence-corrected chi connectivity index (χ4v) is 3.42. The molecule has 8 heteroatoms. The molecule has 1 aliphatic rings. The van der Waals surface area contributed by atoms with Gasteiger partial charge in [0.1, 0.15) is 0 Å². The molecule has 17 heavy (non-hydrogen) atoms. The summed E-state index contributed by atoms with van der Waals surface area (Å²) in [6.07, 6.45) is 1.83. The second-order valence-electron chi connectivity index (χ2n) is 4.09. The van der Waals surface area contributed by atoms with E-state index < -0.39 is 10.2 Å². The van der Waals surface area contributed by atoms with E-state index in [4.69, 9.17) is 0 Å². The molecule has 96 valence electrons. The molecule has 0 bridgehead atoms. The van der Waals surface area contributed by atoms with Crippen LogP contribution < -0.4 is 14.8 Å². The van der Waals surface area contributed by atoms with Crippen LogP contribution in [0.5, 0.6) is 0 Å². The van der Waals surface area contributed by atoms with Crippen molar-refractivity contribution in [1.29, 1.82) is 0 Å². The van der Waals surface area contributed by atoms with Crippen molar-refractivity contribution in [3.63, 3.8) is 0 Å². The van der Waals surface area contributed by atoms with Gasteiger partial charge in [0.25, 0.3) is 0 Å². The van der Waals surface area contributed by atoms with Gasteiger partial charge in [0.2, 0.25) is 0 Å². The van der Waals surface area contributed by atoms with Crippen LogP contribution in [0.1, 0.15) is 31.5 Å². The Morgan fingerprint density at radius 1 is 1.53 bits per heavy atom. The van der Waals surface area contributed by atoms with Gasteiger partial charge in [-0.1, -0.05) is 0 Å². The smallest absolute Gasteiger partial charge is 0.301 e. The summed E-state index contributed by atoms with van der Waals surface area (Å²) in [4.78, 5) is 4.22. The van der Waals surface area contributed by atoms with E-state index in [0.29, 0.717) is 5.13 Å². The Kier molecular flexibility index (Phi) is 3.67. The van der Waals surface area contributed by atoms with Gasteiger partial charge in [0.15, 0.2) is 5.13 Å². The molecule has 0 amide bonds. The van der Waals surface area contributed by atoms with Crippen LogP contribution in [0.3, 0.4) is 0 Å². The zero-order valence-electron chi connectivity index (χ0n) is 9.73. The van der Waals surface area contributed by atoms with Crippen LogP contribution in [0.15, 0.2) is 5.38 Å². The Labute approximate surface area is 105 Å². The lowest BCUT2D eigenvalue weighted by atomic mass is 10.3. The molecule has 1 saturated carbocycles. The van der Waals surface area contributed by atoms with Crippen molar-refractivity contribution < 1.29 is 8.42 Å². The lowest BCUT2D eigenvalue weighted by Crippen LogP contribution is -2.31. The minimum atomic E-state index is -3.46. The molecule has 1 aromatic rings. The van der Waals surface area contributed by atoms with Gasteiger partial charge in [0.05, 0.1) is 5.69 Å². The zero-order valence-corrected chi connectivity index (χ0v) is 11.4. The highest BCUT2D eigenvalue weighted by molar-refractivity contribution is 7.91. The topological polar surface area (TPSA) is 83.1 Å². The highest BCUT2D eigenvalue weighted by atomic mass is 32.2. The number of nitrogens with one attached hydrogen (secondary N) is 3. The first kappa shape index (κ1) is 12.7. The Morgan fingerprint density at radius 3 is 2.82 bits per heavy atom. The van der Waals surface area contributed by atoms with E-state index in [1.165, 1.54) is 11.3 Å². The predicted molar refractivity (Wildman–Crippen MR) is 68.3 cm³/mol. The second kappa shape index (κ2) is 4.89. The van der Waals surface area contributed by atoms with Crippen molar-refractivity contribution in [3.8, 4) is 0 Å². The molecule has 1 heterocycles. The maximum atomic E-state index is 11.6. The fourth-order valence-electron chi connectivity index (χ4n) is 1.24. The van der Waals surface area contributed by atoms with Gasteiger partial charge in [-0.15, -0.1) is 11.3 Å². The molecule has 1 fully saturated rings. The number of aromatic nitrogens is 1. The predicted octanol–water partition coefficient (Wildman–Crippen LogP) is 0.832. The average molecular weight is 276 g/mol. The summed E-state index contributed by atoms with van der Waals surface area (Å²) >= 11 is 1.29. The SMILES string of the molecule is CNC(C)c1csc(NS(=O)(=O)NC2CC2)n1. The van der Waals surface area contributed by atoms with Gasteiger partial charge < -0.3 is 5.32 Å². The van der Waals surface area contributed by atoms with Crippen molar-refractivity contribution in [1.82, 2.24) is 15.0 Å². The molecular weight excluding hydrogens is 260 g/mol. The van der Waals surface area contributed by atoms with Gasteiger partial charge in [0, 0.05) is 17.5 Å². The maximum absolute atomic E-state index is 11.6. The minimum absolute atomic E-state index is 0.100. The van der Waals surface area contributed by atoms with Crippen molar-refractivity contribution in [2.45, 2.75) is 31.8 Å². The van der Waals surface area contributed by atoms with Gasteiger partial charge in [-0.3, -0.25) is 0 Å². The molecule has 1 unspecified atom stereocenters. The third kappa shape index (κ3) is 3.63. The van der Waals surface area contributed by atoms with Crippen molar-refractivity contribution in [2.24, 2.45) is 0 Å². The number of hydrogen-bond donors (Lipinski definition) is 3. The summed E-state index contributed by atoms with van der Waals surface area (Å²) in [7, 11) is -1.63. The van der Waals surface area contributed by atoms with Crippen LogP contribution in [0.2, 0.25) is 0 Å². The first-order valence-electron chi connectivity index (χ1n) is 5.43. The average Bonchev–Trinajstić information content (AvgIpc) is 2.93. The molecule has 1 aliphatic carbocycles. The van der Waals surface area contributed by atoms with Gasteiger partial charge in [-0.25, -0.2) is 9.71 Å². The number of thiazole rings is 1. The molecule has 0 saturated heterocycles. The zero-order chi connectivity index (χ0) is 12.5. The molecule has 1 atom stereocenters. The van der Waals surface area contributed by atoms with E-state index in [-0.39, 0.29) is 12.1 Å². The van der Waals surface area contributed by atoms with E-state index in [9.17, 15) is 8.42 Å². The lowest BCUT2D eigenvalue weighted by Gasteiger charge is -2.06. The Bertz CT molecular complexity index is 481. The van der Waals surface area contributed by atoms with Crippen LogP contribution in [-0.2, 0) is 10.2 Å². The van der Waals surface area contributed by atoms with Crippen molar-refractivity contribution in [2.75, 3.05) is 11.8 Å². The van der Waals surface area contributed by atoms with E-state index >= 15 is 0 Å². The minimum Gasteiger partial charge on any atom is -0.312 e. The molecular formula is C9H16N4O2S2. The summed E-state index contributed by atoms with van der Waals surface area (Å²) in [6, 6.07) is 0.212. The quantitative estimate of drug-likeness (QED) is 0.719. The number of nitrogens with zero attached hydrogens (tertiary/aromatic N) is 1. The Morgan fingerprint density at radius 2 is 2.24 bits per heavy atom. The second-order valence-corrected chi connectivity index (χ2v) is 6.39. The van der Waals surface area contributed by atoms with E-state index in [1.54, 1.807) is 0 Å². The molecule has 6 nitrogen and oxygen atoms in total. The summed E-state index contributed by atoms with van der Waals surface area (Å²) in [5.74, 6) is 0. The van der Waals surface area contributed by atoms with Crippen LogP contribution in [0, 0.1) is 0 Å². The first-order valence-corrected chi connectivity index (χ1v) is 7.79. The highest BCUT2D eigenvalue weighted by Crippen LogP contribution is 2.23. The molecule has 0 spiro atoms. The lowest BCUT2D eigenvalue weighted by molar-refractivity contribution is 0.586. The van der Waals surface area contributed by atoms with Crippen LogP contribution in [0.4, 0.5) is 5.13 Å². The van der Waals surface area contributed by atoms with Crippen LogP contribution in [-0.4, -0.2) is 26.5 Å².